The van der Waals surface area contributed by atoms with Crippen LogP contribution in [0.1, 0.15) is 54.7 Å². The zero-order valence-electron chi connectivity index (χ0n) is 16.4. The highest BCUT2D eigenvalue weighted by molar-refractivity contribution is 7.12. The second kappa shape index (κ2) is 11.8. The number of rotatable bonds is 11. The number of carboxylic acids is 1. The number of carbonyl (C=O) groups is 1. The molecule has 0 spiro atoms. The number of aryl methyl sites for hydroxylation is 2. The van der Waals surface area contributed by atoms with E-state index in [2.05, 4.69) is 12.2 Å². The molecule has 1 fully saturated rings. The van der Waals surface area contributed by atoms with Crippen LogP contribution in [0.15, 0.2) is 30.4 Å². The van der Waals surface area contributed by atoms with E-state index in [1.165, 1.54) is 4.88 Å². The summed E-state index contributed by atoms with van der Waals surface area (Å²) in [5, 5.41) is 30.0. The molecule has 0 saturated heterocycles. The smallest absolute Gasteiger partial charge is 0.303 e. The summed E-state index contributed by atoms with van der Waals surface area (Å²) in [6, 6.07) is 1.98. The minimum Gasteiger partial charge on any atom is -0.481 e. The third-order valence-electron chi connectivity index (χ3n) is 5.35. The number of aliphatic hydroxyl groups excluding tert-OH is 2. The molecule has 0 radical (unpaired) electrons. The van der Waals surface area contributed by atoms with Gasteiger partial charge in [0.05, 0.1) is 17.2 Å². The average molecular weight is 427 g/mol. The van der Waals surface area contributed by atoms with E-state index in [4.69, 9.17) is 16.7 Å². The van der Waals surface area contributed by atoms with Crippen LogP contribution in [0.4, 0.5) is 0 Å². The SMILES string of the molecule is Cc1sc(CC[C@H](O)C=C[C@H]2CCC(O)[C@@H]2CC=CCCCC(=O)O)cc1Cl. The first kappa shape index (κ1) is 23.1. The van der Waals surface area contributed by atoms with Crippen molar-refractivity contribution in [1.29, 1.82) is 0 Å². The van der Waals surface area contributed by atoms with Gasteiger partial charge in [0.25, 0.3) is 0 Å². The van der Waals surface area contributed by atoms with Crippen LogP contribution in [0.3, 0.4) is 0 Å². The van der Waals surface area contributed by atoms with Gasteiger partial charge in [0.1, 0.15) is 0 Å². The van der Waals surface area contributed by atoms with E-state index < -0.39 is 12.1 Å². The molecule has 6 heteroatoms. The Morgan fingerprint density at radius 2 is 2.18 bits per heavy atom. The van der Waals surface area contributed by atoms with Gasteiger partial charge in [-0.05, 0) is 69.8 Å². The highest BCUT2D eigenvalue weighted by Crippen LogP contribution is 2.36. The fraction of sp³-hybridized carbons (Fsp3) is 0.591. The van der Waals surface area contributed by atoms with Crippen molar-refractivity contribution in [2.75, 3.05) is 0 Å². The molecule has 0 aliphatic heterocycles. The molecular weight excluding hydrogens is 396 g/mol. The molecule has 1 aromatic heterocycles. The van der Waals surface area contributed by atoms with Crippen LogP contribution in [-0.2, 0) is 11.2 Å². The summed E-state index contributed by atoms with van der Waals surface area (Å²) >= 11 is 7.76. The second-order valence-electron chi connectivity index (χ2n) is 7.57. The lowest BCUT2D eigenvalue weighted by molar-refractivity contribution is -0.137. The van der Waals surface area contributed by atoms with Gasteiger partial charge in [-0.3, -0.25) is 4.79 Å². The van der Waals surface area contributed by atoms with Gasteiger partial charge in [-0.25, -0.2) is 0 Å². The maximum Gasteiger partial charge on any atom is 0.303 e. The maximum atomic E-state index is 10.5. The van der Waals surface area contributed by atoms with Gasteiger partial charge < -0.3 is 15.3 Å². The van der Waals surface area contributed by atoms with E-state index >= 15 is 0 Å². The van der Waals surface area contributed by atoms with Gasteiger partial charge in [-0.2, -0.15) is 0 Å². The first-order valence-corrected chi connectivity index (χ1v) is 11.2. The molecule has 0 amide bonds. The molecule has 0 bridgehead atoms. The summed E-state index contributed by atoms with van der Waals surface area (Å²) in [6.07, 6.45) is 12.8. The molecule has 156 valence electrons. The third kappa shape index (κ3) is 7.70. The van der Waals surface area contributed by atoms with Crippen molar-refractivity contribution in [1.82, 2.24) is 0 Å². The molecule has 1 unspecified atom stereocenters. The normalized spacial score (nSPS) is 23.8. The molecule has 1 aromatic rings. The average Bonchev–Trinajstić information content (AvgIpc) is 3.16. The van der Waals surface area contributed by atoms with Crippen LogP contribution in [-0.4, -0.2) is 33.5 Å². The Bertz CT molecular complexity index is 663. The largest absolute Gasteiger partial charge is 0.481 e. The molecule has 1 aliphatic carbocycles. The summed E-state index contributed by atoms with van der Waals surface area (Å²) in [5.74, 6) is -0.328. The van der Waals surface area contributed by atoms with Crippen molar-refractivity contribution in [3.63, 3.8) is 0 Å². The lowest BCUT2D eigenvalue weighted by atomic mass is 9.90. The molecule has 1 heterocycles. The molecule has 4 atom stereocenters. The Morgan fingerprint density at radius 3 is 2.86 bits per heavy atom. The Hall–Kier alpha value is -1.14. The predicted molar refractivity (Wildman–Crippen MR) is 115 cm³/mol. The van der Waals surface area contributed by atoms with Gasteiger partial charge in [-0.1, -0.05) is 35.9 Å². The molecule has 2 rings (SSSR count). The van der Waals surface area contributed by atoms with E-state index in [0.29, 0.717) is 12.8 Å². The van der Waals surface area contributed by atoms with E-state index in [-0.39, 0.29) is 24.4 Å². The Balaban J connectivity index is 1.76. The van der Waals surface area contributed by atoms with Crippen LogP contribution in [0.2, 0.25) is 5.02 Å². The fourth-order valence-electron chi connectivity index (χ4n) is 3.69. The Morgan fingerprint density at radius 1 is 1.39 bits per heavy atom. The van der Waals surface area contributed by atoms with E-state index in [1.54, 1.807) is 11.3 Å². The zero-order chi connectivity index (χ0) is 20.5. The predicted octanol–water partition coefficient (Wildman–Crippen LogP) is 5.15. The summed E-state index contributed by atoms with van der Waals surface area (Å²) in [6.45, 7) is 2.00. The van der Waals surface area contributed by atoms with Crippen LogP contribution in [0.25, 0.3) is 0 Å². The lowest BCUT2D eigenvalue weighted by Crippen LogP contribution is -2.17. The Kier molecular flexibility index (Phi) is 9.72. The minimum absolute atomic E-state index is 0.165. The van der Waals surface area contributed by atoms with Gasteiger partial charge in [0.15, 0.2) is 0 Å². The van der Waals surface area contributed by atoms with E-state index in [9.17, 15) is 15.0 Å². The summed E-state index contributed by atoms with van der Waals surface area (Å²) in [4.78, 5) is 12.8. The zero-order valence-corrected chi connectivity index (χ0v) is 18.0. The standard InChI is InChI=1S/C22H31ClO4S/c1-15-20(23)14-18(28-15)12-11-17(24)10-8-16-9-13-21(25)19(16)6-4-2-3-5-7-22(26)27/h2,4,8,10,14,16-17,19,21,24-25H,3,5-7,9,11-13H2,1H3,(H,26,27)/t16-,17+,19+,21?/m0/s1. The van der Waals surface area contributed by atoms with Crippen LogP contribution < -0.4 is 0 Å². The van der Waals surface area contributed by atoms with Gasteiger partial charge in [0.2, 0.25) is 0 Å². The topological polar surface area (TPSA) is 77.8 Å². The molecule has 4 nitrogen and oxygen atoms in total. The van der Waals surface area contributed by atoms with Crippen LogP contribution in [0.5, 0.6) is 0 Å². The molecule has 3 N–H and O–H groups in total. The van der Waals surface area contributed by atoms with Crippen LogP contribution in [0, 0.1) is 18.8 Å². The molecule has 0 aromatic carbocycles. The number of halogens is 1. The number of allylic oxidation sites excluding steroid dienone is 3. The number of hydrogen-bond donors (Lipinski definition) is 3. The maximum absolute atomic E-state index is 10.5. The van der Waals surface area contributed by atoms with E-state index in [1.807, 2.05) is 25.1 Å². The minimum atomic E-state index is -0.763. The number of thiophene rings is 1. The van der Waals surface area contributed by atoms with Crippen molar-refractivity contribution < 1.29 is 20.1 Å². The number of hydrogen-bond acceptors (Lipinski definition) is 4. The van der Waals surface area contributed by atoms with Crippen LogP contribution >= 0.6 is 22.9 Å². The van der Waals surface area contributed by atoms with Crippen molar-refractivity contribution in [2.24, 2.45) is 11.8 Å². The third-order valence-corrected chi connectivity index (χ3v) is 6.97. The first-order valence-electron chi connectivity index (χ1n) is 10.0. The fourth-order valence-corrected chi connectivity index (χ4v) is 4.95. The molecular formula is C22H31ClO4S. The number of carboxylic acid groups (broad SMARTS) is 1. The second-order valence-corrected chi connectivity index (χ2v) is 9.32. The summed E-state index contributed by atoms with van der Waals surface area (Å²) < 4.78 is 0. The monoisotopic (exact) mass is 426 g/mol. The summed E-state index contributed by atoms with van der Waals surface area (Å²) in [7, 11) is 0. The molecule has 1 aliphatic rings. The highest BCUT2D eigenvalue weighted by Gasteiger charge is 2.32. The van der Waals surface area contributed by atoms with Gasteiger partial charge in [-0.15, -0.1) is 11.3 Å². The lowest BCUT2D eigenvalue weighted by Gasteiger charge is -2.18. The number of aliphatic hydroxyl groups is 2. The van der Waals surface area contributed by atoms with Crippen molar-refractivity contribution in [3.8, 4) is 0 Å². The molecule has 1 saturated carbocycles. The molecule has 28 heavy (non-hydrogen) atoms. The number of aliphatic carboxylic acids is 1. The Labute approximate surface area is 176 Å². The van der Waals surface area contributed by atoms with Crippen molar-refractivity contribution in [2.45, 2.75) is 70.5 Å². The van der Waals surface area contributed by atoms with Gasteiger partial charge >= 0.3 is 5.97 Å². The highest BCUT2D eigenvalue weighted by atomic mass is 35.5. The van der Waals surface area contributed by atoms with E-state index in [0.717, 1.165) is 42.0 Å². The quantitative estimate of drug-likeness (QED) is 0.338. The van der Waals surface area contributed by atoms with Crippen molar-refractivity contribution >= 4 is 28.9 Å². The van der Waals surface area contributed by atoms with Crippen molar-refractivity contribution in [3.05, 3.63) is 45.1 Å². The summed E-state index contributed by atoms with van der Waals surface area (Å²) in [5.41, 5.74) is 0. The van der Waals surface area contributed by atoms with Gasteiger partial charge in [0, 0.05) is 16.2 Å². The first-order chi connectivity index (χ1) is 13.4. The number of unbranched alkanes of at least 4 members (excludes halogenated alkanes) is 1.